The number of urea groups is 1. The Morgan fingerprint density at radius 1 is 1.30 bits per heavy atom. The number of piperidine rings is 1. The summed E-state index contributed by atoms with van der Waals surface area (Å²) in [6, 6.07) is -0.275. The molecule has 0 aromatic heterocycles. The van der Waals surface area contributed by atoms with Crippen molar-refractivity contribution in [2.24, 2.45) is 5.92 Å². The number of thioether (sulfide) groups is 1. The van der Waals surface area contributed by atoms with Gasteiger partial charge in [0.15, 0.2) is 0 Å². The minimum absolute atomic E-state index is 0.00993. The number of carboxylic acid groups (broad SMARTS) is 1. The van der Waals surface area contributed by atoms with Crippen molar-refractivity contribution in [2.45, 2.75) is 25.3 Å². The molecule has 114 valence electrons. The van der Waals surface area contributed by atoms with Gasteiger partial charge in [0, 0.05) is 37.7 Å². The highest BCUT2D eigenvalue weighted by molar-refractivity contribution is 7.99. The van der Waals surface area contributed by atoms with E-state index in [1.165, 1.54) is 0 Å². The van der Waals surface area contributed by atoms with Crippen molar-refractivity contribution < 1.29 is 19.8 Å². The fraction of sp³-hybridized carbons (Fsp3) is 0.846. The van der Waals surface area contributed by atoms with E-state index in [2.05, 4.69) is 0 Å². The Bertz CT molecular complexity index is 366. The van der Waals surface area contributed by atoms with Gasteiger partial charge < -0.3 is 20.0 Å². The molecule has 0 aromatic rings. The maximum atomic E-state index is 12.6. The highest BCUT2D eigenvalue weighted by Crippen LogP contribution is 2.23. The molecule has 2 amide bonds. The number of hydrogen-bond donors (Lipinski definition) is 2. The molecule has 6 nitrogen and oxygen atoms in total. The fourth-order valence-electron chi connectivity index (χ4n) is 2.85. The van der Waals surface area contributed by atoms with E-state index < -0.39 is 5.97 Å². The van der Waals surface area contributed by atoms with Crippen LogP contribution < -0.4 is 0 Å². The van der Waals surface area contributed by atoms with E-state index >= 15 is 0 Å². The number of aliphatic hydroxyl groups is 1. The molecule has 2 heterocycles. The van der Waals surface area contributed by atoms with Crippen molar-refractivity contribution in [2.75, 3.05) is 37.7 Å². The van der Waals surface area contributed by atoms with Crippen molar-refractivity contribution in [3.8, 4) is 0 Å². The molecule has 7 heteroatoms. The molecule has 20 heavy (non-hydrogen) atoms. The van der Waals surface area contributed by atoms with Crippen LogP contribution >= 0.6 is 11.8 Å². The lowest BCUT2D eigenvalue weighted by molar-refractivity contribution is -0.138. The predicted octanol–water partition coefficient (Wildman–Crippen LogP) is 0.703. The quantitative estimate of drug-likeness (QED) is 0.802. The Morgan fingerprint density at radius 2 is 2.10 bits per heavy atom. The number of nitrogens with zero attached hydrogens (tertiary/aromatic N) is 2. The third kappa shape index (κ3) is 3.79. The van der Waals surface area contributed by atoms with E-state index in [-0.39, 0.29) is 31.0 Å². The van der Waals surface area contributed by atoms with Gasteiger partial charge >= 0.3 is 12.0 Å². The smallest absolute Gasteiger partial charge is 0.320 e. The van der Waals surface area contributed by atoms with Gasteiger partial charge in [-0.2, -0.15) is 11.8 Å². The summed E-state index contributed by atoms with van der Waals surface area (Å²) in [5.41, 5.74) is 0. The van der Waals surface area contributed by atoms with Crippen LogP contribution in [0.4, 0.5) is 4.79 Å². The summed E-state index contributed by atoms with van der Waals surface area (Å²) in [7, 11) is 0. The molecular weight excluding hydrogens is 280 g/mol. The molecule has 2 aliphatic rings. The number of hydrogen-bond acceptors (Lipinski definition) is 4. The largest absolute Gasteiger partial charge is 0.481 e. The van der Waals surface area contributed by atoms with E-state index in [0.717, 1.165) is 18.6 Å². The molecule has 2 fully saturated rings. The van der Waals surface area contributed by atoms with Crippen LogP contribution in [0.25, 0.3) is 0 Å². The van der Waals surface area contributed by atoms with Gasteiger partial charge in [0.05, 0.1) is 12.5 Å². The zero-order valence-electron chi connectivity index (χ0n) is 11.5. The van der Waals surface area contributed by atoms with Crippen LogP contribution in [0.5, 0.6) is 0 Å². The van der Waals surface area contributed by atoms with Crippen LogP contribution in [0, 0.1) is 5.92 Å². The van der Waals surface area contributed by atoms with Crippen molar-refractivity contribution in [1.29, 1.82) is 0 Å². The van der Waals surface area contributed by atoms with Gasteiger partial charge in [-0.25, -0.2) is 4.79 Å². The van der Waals surface area contributed by atoms with E-state index in [4.69, 9.17) is 5.11 Å². The average Bonchev–Trinajstić information content (AvgIpc) is 2.46. The van der Waals surface area contributed by atoms with Gasteiger partial charge in [-0.1, -0.05) is 0 Å². The summed E-state index contributed by atoms with van der Waals surface area (Å²) in [5.74, 6) is 0.848. The molecule has 2 atom stereocenters. The van der Waals surface area contributed by atoms with E-state index in [1.54, 1.807) is 21.6 Å². The number of carbonyl (C=O) groups is 2. The van der Waals surface area contributed by atoms with Crippen LogP contribution in [0.15, 0.2) is 0 Å². The Hall–Kier alpha value is -0.950. The van der Waals surface area contributed by atoms with Crippen molar-refractivity contribution >= 4 is 23.8 Å². The minimum Gasteiger partial charge on any atom is -0.481 e. The Kier molecular flexibility index (Phi) is 5.54. The number of carbonyl (C=O) groups excluding carboxylic acids is 1. The molecule has 2 unspecified atom stereocenters. The number of rotatable bonds is 3. The van der Waals surface area contributed by atoms with Crippen molar-refractivity contribution in [1.82, 2.24) is 9.80 Å². The van der Waals surface area contributed by atoms with Gasteiger partial charge in [0.25, 0.3) is 0 Å². The Balaban J connectivity index is 1.99. The first-order valence-corrected chi connectivity index (χ1v) is 8.23. The summed E-state index contributed by atoms with van der Waals surface area (Å²) in [6.07, 6.45) is 1.87. The van der Waals surface area contributed by atoms with Crippen LogP contribution in [-0.2, 0) is 4.79 Å². The van der Waals surface area contributed by atoms with Crippen LogP contribution in [0.2, 0.25) is 0 Å². The number of likely N-dealkylation sites (tertiary alicyclic amines) is 1. The molecule has 0 bridgehead atoms. The standard InChI is InChI=1S/C13H22N2O4S/c16-8-10-2-1-3-14(7-10)13(19)15-4-5-20-9-11(15)6-12(17)18/h10-11,16H,1-9H2,(H,17,18). The summed E-state index contributed by atoms with van der Waals surface area (Å²) in [5, 5.41) is 18.2. The second-order valence-corrected chi connectivity index (χ2v) is 6.59. The first kappa shape index (κ1) is 15.4. The van der Waals surface area contributed by atoms with E-state index in [0.29, 0.717) is 25.4 Å². The van der Waals surface area contributed by atoms with E-state index in [9.17, 15) is 14.7 Å². The van der Waals surface area contributed by atoms with E-state index in [1.807, 2.05) is 0 Å². The first-order valence-electron chi connectivity index (χ1n) is 7.07. The molecular formula is C13H22N2O4S. The molecule has 2 aliphatic heterocycles. The highest BCUT2D eigenvalue weighted by Gasteiger charge is 2.33. The van der Waals surface area contributed by atoms with Crippen LogP contribution in [0.3, 0.4) is 0 Å². The SMILES string of the molecule is O=C(O)CC1CSCCN1C(=O)N1CCCC(CO)C1. The third-order valence-electron chi connectivity index (χ3n) is 3.93. The second kappa shape index (κ2) is 7.17. The number of aliphatic carboxylic acids is 1. The topological polar surface area (TPSA) is 81.1 Å². The summed E-state index contributed by atoms with van der Waals surface area (Å²) in [4.78, 5) is 27.0. The predicted molar refractivity (Wildman–Crippen MR) is 76.9 cm³/mol. The molecule has 0 aromatic carbocycles. The van der Waals surface area contributed by atoms with Gasteiger partial charge in [-0.15, -0.1) is 0 Å². The highest BCUT2D eigenvalue weighted by atomic mass is 32.2. The lowest BCUT2D eigenvalue weighted by Crippen LogP contribution is -2.54. The Morgan fingerprint density at radius 3 is 2.80 bits per heavy atom. The van der Waals surface area contributed by atoms with Crippen molar-refractivity contribution in [3.05, 3.63) is 0 Å². The first-order chi connectivity index (χ1) is 9.61. The molecule has 0 radical (unpaired) electrons. The normalized spacial score (nSPS) is 27.4. The number of aliphatic hydroxyl groups excluding tert-OH is 1. The third-order valence-corrected chi connectivity index (χ3v) is 5.02. The zero-order chi connectivity index (χ0) is 14.5. The molecule has 2 N–H and O–H groups in total. The maximum Gasteiger partial charge on any atom is 0.320 e. The van der Waals surface area contributed by atoms with Crippen molar-refractivity contribution in [3.63, 3.8) is 0 Å². The van der Waals surface area contributed by atoms with Gasteiger partial charge in [-0.05, 0) is 18.8 Å². The monoisotopic (exact) mass is 302 g/mol. The maximum absolute atomic E-state index is 12.6. The summed E-state index contributed by atoms with van der Waals surface area (Å²) < 4.78 is 0. The Labute approximate surface area is 123 Å². The minimum atomic E-state index is -0.859. The second-order valence-electron chi connectivity index (χ2n) is 5.44. The molecule has 0 spiro atoms. The number of carboxylic acids is 1. The summed E-state index contributed by atoms with van der Waals surface area (Å²) >= 11 is 1.70. The zero-order valence-corrected chi connectivity index (χ0v) is 12.3. The summed E-state index contributed by atoms with van der Waals surface area (Å²) in [6.45, 7) is 2.01. The van der Waals surface area contributed by atoms with Crippen LogP contribution in [-0.4, -0.2) is 75.8 Å². The molecule has 0 aliphatic carbocycles. The molecule has 2 saturated heterocycles. The van der Waals surface area contributed by atoms with Gasteiger partial charge in [-0.3, -0.25) is 4.79 Å². The number of amides is 2. The van der Waals surface area contributed by atoms with Gasteiger partial charge in [0.2, 0.25) is 0 Å². The average molecular weight is 302 g/mol. The molecule has 0 saturated carbocycles. The fourth-order valence-corrected chi connectivity index (χ4v) is 3.91. The van der Waals surface area contributed by atoms with Gasteiger partial charge in [0.1, 0.15) is 0 Å². The molecule has 2 rings (SSSR count). The lowest BCUT2D eigenvalue weighted by Gasteiger charge is -2.40. The lowest BCUT2D eigenvalue weighted by atomic mass is 9.99. The van der Waals surface area contributed by atoms with Crippen LogP contribution in [0.1, 0.15) is 19.3 Å².